The first-order chi connectivity index (χ1) is 9.38. The van der Waals surface area contributed by atoms with Crippen LogP contribution in [0.5, 0.6) is 0 Å². The molecule has 1 N–H and O–H groups in total. The summed E-state index contributed by atoms with van der Waals surface area (Å²) in [5, 5.41) is 12.9. The molecule has 0 spiro atoms. The quantitative estimate of drug-likeness (QED) is 0.912. The van der Waals surface area contributed by atoms with Gasteiger partial charge in [-0.3, -0.25) is 4.79 Å². The molecule has 20 heavy (non-hydrogen) atoms. The van der Waals surface area contributed by atoms with Crippen LogP contribution in [0, 0.1) is 6.92 Å². The van der Waals surface area contributed by atoms with Crippen LogP contribution in [0.2, 0.25) is 0 Å². The molecule has 0 aliphatic heterocycles. The molecule has 0 radical (unpaired) electrons. The lowest BCUT2D eigenvalue weighted by Gasteiger charge is -2.16. The Hall–Kier alpha value is -1.82. The van der Waals surface area contributed by atoms with Gasteiger partial charge in [0.05, 0.1) is 5.75 Å². The maximum Gasteiger partial charge on any atom is 0.319 e. The van der Waals surface area contributed by atoms with Gasteiger partial charge in [-0.05, 0) is 32.9 Å². The van der Waals surface area contributed by atoms with Crippen molar-refractivity contribution < 1.29 is 14.4 Å². The number of aliphatic carboxylic acids is 1. The molecular formula is C14H16N2O3S. The van der Waals surface area contributed by atoms with Crippen molar-refractivity contribution in [3.63, 3.8) is 0 Å². The molecule has 0 aliphatic rings. The standard InChI is InChI=1S/C14H16N2O3S/c1-9-4-6-10(7-5-9)12-15-11(16-19-12)8-20-14(2,3)13(17)18/h4-7H,8H2,1-3H3,(H,17,18). The molecule has 0 saturated heterocycles. The number of benzene rings is 1. The highest BCUT2D eigenvalue weighted by atomic mass is 32.2. The molecule has 0 saturated carbocycles. The van der Waals surface area contributed by atoms with Crippen molar-refractivity contribution in [2.24, 2.45) is 0 Å². The first kappa shape index (κ1) is 14.6. The van der Waals surface area contributed by atoms with E-state index in [0.717, 1.165) is 11.1 Å². The summed E-state index contributed by atoms with van der Waals surface area (Å²) in [6.45, 7) is 5.32. The molecule has 2 aromatic rings. The minimum absolute atomic E-state index is 0.397. The van der Waals surface area contributed by atoms with Gasteiger partial charge >= 0.3 is 5.97 Å². The molecule has 0 amide bonds. The van der Waals surface area contributed by atoms with Crippen LogP contribution < -0.4 is 0 Å². The Kier molecular flexibility index (Phi) is 4.13. The monoisotopic (exact) mass is 292 g/mol. The molecule has 0 unspecified atom stereocenters. The number of carboxylic acid groups (broad SMARTS) is 1. The minimum Gasteiger partial charge on any atom is -0.480 e. The predicted molar refractivity (Wildman–Crippen MR) is 77.5 cm³/mol. The summed E-state index contributed by atoms with van der Waals surface area (Å²) in [4.78, 5) is 15.3. The van der Waals surface area contributed by atoms with E-state index in [1.807, 2.05) is 31.2 Å². The van der Waals surface area contributed by atoms with Gasteiger partial charge in [-0.2, -0.15) is 4.98 Å². The Bertz CT molecular complexity index is 605. The summed E-state index contributed by atoms with van der Waals surface area (Å²) >= 11 is 1.27. The van der Waals surface area contributed by atoms with E-state index in [4.69, 9.17) is 9.63 Å². The van der Waals surface area contributed by atoms with Crippen molar-refractivity contribution in [2.45, 2.75) is 31.3 Å². The number of carboxylic acids is 1. The van der Waals surface area contributed by atoms with Crippen LogP contribution in [0.15, 0.2) is 28.8 Å². The Morgan fingerprint density at radius 1 is 1.35 bits per heavy atom. The summed E-state index contributed by atoms with van der Waals surface area (Å²) in [5.41, 5.74) is 2.02. The van der Waals surface area contributed by atoms with E-state index in [1.165, 1.54) is 11.8 Å². The van der Waals surface area contributed by atoms with Gasteiger partial charge < -0.3 is 9.63 Å². The van der Waals surface area contributed by atoms with E-state index in [1.54, 1.807) is 13.8 Å². The fraction of sp³-hybridized carbons (Fsp3) is 0.357. The van der Waals surface area contributed by atoms with E-state index in [9.17, 15) is 4.79 Å². The fourth-order valence-electron chi connectivity index (χ4n) is 1.43. The van der Waals surface area contributed by atoms with Gasteiger partial charge in [0.1, 0.15) is 4.75 Å². The lowest BCUT2D eigenvalue weighted by Crippen LogP contribution is -2.27. The van der Waals surface area contributed by atoms with Crippen LogP contribution in [0.3, 0.4) is 0 Å². The maximum atomic E-state index is 11.0. The van der Waals surface area contributed by atoms with Crippen molar-refractivity contribution in [3.8, 4) is 11.5 Å². The highest BCUT2D eigenvalue weighted by molar-refractivity contribution is 8.00. The SMILES string of the molecule is Cc1ccc(-c2nc(CSC(C)(C)C(=O)O)no2)cc1. The van der Waals surface area contributed by atoms with Crippen LogP contribution in [0.25, 0.3) is 11.5 Å². The lowest BCUT2D eigenvalue weighted by molar-refractivity contribution is -0.138. The smallest absolute Gasteiger partial charge is 0.319 e. The van der Waals surface area contributed by atoms with E-state index < -0.39 is 10.7 Å². The van der Waals surface area contributed by atoms with Crippen LogP contribution in [-0.4, -0.2) is 26.0 Å². The summed E-state index contributed by atoms with van der Waals surface area (Å²) < 4.78 is 4.32. The highest BCUT2D eigenvalue weighted by Crippen LogP contribution is 2.28. The molecule has 6 heteroatoms. The van der Waals surface area contributed by atoms with Crippen molar-refractivity contribution in [1.29, 1.82) is 0 Å². The van der Waals surface area contributed by atoms with E-state index in [2.05, 4.69) is 10.1 Å². The topological polar surface area (TPSA) is 76.2 Å². The third-order valence-electron chi connectivity index (χ3n) is 2.84. The lowest BCUT2D eigenvalue weighted by atomic mass is 10.1. The third kappa shape index (κ3) is 3.39. The van der Waals surface area contributed by atoms with Crippen molar-refractivity contribution in [2.75, 3.05) is 0 Å². The molecule has 0 fully saturated rings. The molecule has 2 rings (SSSR count). The second-order valence-corrected chi connectivity index (χ2v) is 6.58. The number of hydrogen-bond donors (Lipinski definition) is 1. The summed E-state index contributed by atoms with van der Waals surface area (Å²) in [7, 11) is 0. The minimum atomic E-state index is -0.870. The molecule has 1 aromatic carbocycles. The van der Waals surface area contributed by atoms with E-state index in [-0.39, 0.29) is 0 Å². The second kappa shape index (κ2) is 5.66. The number of hydrogen-bond acceptors (Lipinski definition) is 5. The van der Waals surface area contributed by atoms with Crippen LogP contribution in [-0.2, 0) is 10.5 Å². The average Bonchev–Trinajstić information content (AvgIpc) is 2.86. The largest absolute Gasteiger partial charge is 0.480 e. The fourth-order valence-corrected chi connectivity index (χ4v) is 2.16. The Balaban J connectivity index is 2.06. The van der Waals surface area contributed by atoms with Crippen LogP contribution >= 0.6 is 11.8 Å². The van der Waals surface area contributed by atoms with Gasteiger partial charge in [0.15, 0.2) is 5.82 Å². The van der Waals surface area contributed by atoms with Crippen molar-refractivity contribution >= 4 is 17.7 Å². The van der Waals surface area contributed by atoms with Gasteiger partial charge in [0, 0.05) is 5.56 Å². The molecule has 106 valence electrons. The zero-order chi connectivity index (χ0) is 14.8. The zero-order valence-corrected chi connectivity index (χ0v) is 12.4. The Morgan fingerprint density at radius 3 is 2.60 bits per heavy atom. The number of carbonyl (C=O) groups is 1. The van der Waals surface area contributed by atoms with E-state index >= 15 is 0 Å². The highest BCUT2D eigenvalue weighted by Gasteiger charge is 2.28. The zero-order valence-electron chi connectivity index (χ0n) is 11.6. The Labute approximate surface area is 121 Å². The number of thioether (sulfide) groups is 1. The number of nitrogens with zero attached hydrogens (tertiary/aromatic N) is 2. The van der Waals surface area contributed by atoms with Gasteiger partial charge in [-0.25, -0.2) is 0 Å². The van der Waals surface area contributed by atoms with Gasteiger partial charge in [0.2, 0.25) is 0 Å². The number of aryl methyl sites for hydroxylation is 1. The van der Waals surface area contributed by atoms with Crippen molar-refractivity contribution in [3.05, 3.63) is 35.7 Å². The first-order valence-corrected chi connectivity index (χ1v) is 7.14. The molecule has 0 atom stereocenters. The average molecular weight is 292 g/mol. The molecule has 0 aliphatic carbocycles. The summed E-state index contributed by atoms with van der Waals surface area (Å²) in [6, 6.07) is 7.78. The molecular weight excluding hydrogens is 276 g/mol. The van der Waals surface area contributed by atoms with Crippen LogP contribution in [0.1, 0.15) is 25.2 Å². The molecule has 0 bridgehead atoms. The normalized spacial score (nSPS) is 11.6. The van der Waals surface area contributed by atoms with Gasteiger partial charge in [0.25, 0.3) is 5.89 Å². The van der Waals surface area contributed by atoms with Gasteiger partial charge in [-0.15, -0.1) is 11.8 Å². The molecule has 5 nitrogen and oxygen atoms in total. The van der Waals surface area contributed by atoms with Gasteiger partial charge in [-0.1, -0.05) is 22.9 Å². The summed E-state index contributed by atoms with van der Waals surface area (Å²) in [5.74, 6) is 0.493. The molecule has 1 heterocycles. The predicted octanol–water partition coefficient (Wildman–Crippen LogP) is 3.14. The number of rotatable bonds is 5. The maximum absolute atomic E-state index is 11.0. The van der Waals surface area contributed by atoms with Crippen molar-refractivity contribution in [1.82, 2.24) is 10.1 Å². The first-order valence-electron chi connectivity index (χ1n) is 6.15. The van der Waals surface area contributed by atoms with Crippen LogP contribution in [0.4, 0.5) is 0 Å². The van der Waals surface area contributed by atoms with E-state index in [0.29, 0.717) is 17.5 Å². The number of aromatic nitrogens is 2. The second-order valence-electron chi connectivity index (χ2n) is 4.99. The third-order valence-corrected chi connectivity index (χ3v) is 4.14. The Morgan fingerprint density at radius 2 is 2.00 bits per heavy atom. The molecule has 1 aromatic heterocycles. The summed E-state index contributed by atoms with van der Waals surface area (Å²) in [6.07, 6.45) is 0.